The Morgan fingerprint density at radius 2 is 2.04 bits per heavy atom. The number of benzene rings is 2. The predicted octanol–water partition coefficient (Wildman–Crippen LogP) is 4.10. The first-order valence-corrected chi connectivity index (χ1v) is 8.97. The third-order valence-electron chi connectivity index (χ3n) is 3.32. The highest BCUT2D eigenvalue weighted by Gasteiger charge is 2.06. The van der Waals surface area contributed by atoms with Crippen molar-refractivity contribution in [3.8, 4) is 5.75 Å². The van der Waals surface area contributed by atoms with Gasteiger partial charge in [0.05, 0.1) is 18.4 Å². The van der Waals surface area contributed by atoms with E-state index in [-0.39, 0.29) is 18.9 Å². The van der Waals surface area contributed by atoms with Crippen LogP contribution >= 0.6 is 23.4 Å². The summed E-state index contributed by atoms with van der Waals surface area (Å²) in [6.45, 7) is 0.0841. The zero-order valence-electron chi connectivity index (χ0n) is 14.1. The number of carbonyl (C=O) groups is 2. The van der Waals surface area contributed by atoms with E-state index in [9.17, 15) is 9.59 Å². The van der Waals surface area contributed by atoms with Gasteiger partial charge in [-0.05, 0) is 35.9 Å². The molecule has 0 fully saturated rings. The maximum atomic E-state index is 11.6. The second-order valence-electron chi connectivity index (χ2n) is 5.20. The molecule has 7 heteroatoms. The van der Waals surface area contributed by atoms with Crippen LogP contribution in [0.2, 0.25) is 5.02 Å². The van der Waals surface area contributed by atoms with Gasteiger partial charge in [-0.15, -0.1) is 0 Å². The minimum Gasteiger partial charge on any atom is -0.496 e. The van der Waals surface area contributed by atoms with E-state index in [4.69, 9.17) is 21.4 Å². The Morgan fingerprint density at radius 1 is 1.27 bits per heavy atom. The topological polar surface area (TPSA) is 75.6 Å². The lowest BCUT2D eigenvalue weighted by Gasteiger charge is -2.08. The number of carbonyl (C=O) groups excluding carboxylic acids is 1. The van der Waals surface area contributed by atoms with Crippen LogP contribution in [0.15, 0.2) is 58.3 Å². The first-order valence-electron chi connectivity index (χ1n) is 7.77. The molecule has 0 aromatic heterocycles. The zero-order valence-corrected chi connectivity index (χ0v) is 15.6. The zero-order chi connectivity index (χ0) is 18.9. The van der Waals surface area contributed by atoms with Gasteiger partial charge < -0.3 is 15.2 Å². The molecule has 0 unspecified atom stereocenters. The molecule has 0 saturated heterocycles. The minimum absolute atomic E-state index is 0.0841. The van der Waals surface area contributed by atoms with Crippen molar-refractivity contribution in [2.24, 2.45) is 0 Å². The molecule has 0 spiro atoms. The van der Waals surface area contributed by atoms with Gasteiger partial charge in [0.1, 0.15) is 5.75 Å². The van der Waals surface area contributed by atoms with Crippen LogP contribution in [0.3, 0.4) is 0 Å². The molecule has 0 aliphatic rings. The number of rotatable bonds is 8. The van der Waals surface area contributed by atoms with Crippen LogP contribution in [0.1, 0.15) is 12.0 Å². The first-order chi connectivity index (χ1) is 12.5. The molecule has 2 N–H and O–H groups in total. The second-order valence-corrected chi connectivity index (χ2v) is 6.73. The molecule has 0 atom stereocenters. The van der Waals surface area contributed by atoms with E-state index in [1.807, 2.05) is 42.5 Å². The van der Waals surface area contributed by atoms with Crippen LogP contribution in [-0.4, -0.2) is 30.6 Å². The number of nitrogens with one attached hydrogen (secondary N) is 1. The lowest BCUT2D eigenvalue weighted by Crippen LogP contribution is -2.23. The van der Waals surface area contributed by atoms with Crippen LogP contribution in [0.5, 0.6) is 5.75 Å². The fourth-order valence-corrected chi connectivity index (χ4v) is 3.33. The van der Waals surface area contributed by atoms with Crippen LogP contribution in [0, 0.1) is 0 Å². The molecule has 2 aromatic carbocycles. The Kier molecular flexibility index (Phi) is 7.56. The van der Waals surface area contributed by atoms with E-state index < -0.39 is 5.97 Å². The summed E-state index contributed by atoms with van der Waals surface area (Å²) in [6.07, 6.45) is 2.81. The smallest absolute Gasteiger partial charge is 0.305 e. The Hall–Kier alpha value is -2.44. The van der Waals surface area contributed by atoms with Crippen LogP contribution in [0.4, 0.5) is 0 Å². The Labute approximate surface area is 161 Å². The number of carboxylic acid groups (broad SMARTS) is 1. The minimum atomic E-state index is -0.958. The molecule has 0 heterocycles. The number of hydrogen-bond donors (Lipinski definition) is 2. The van der Waals surface area contributed by atoms with Gasteiger partial charge in [0.15, 0.2) is 0 Å². The third kappa shape index (κ3) is 6.13. The molecule has 1 amide bonds. The predicted molar refractivity (Wildman–Crippen MR) is 103 cm³/mol. The molecule has 0 radical (unpaired) electrons. The normalized spacial score (nSPS) is 10.7. The lowest BCUT2D eigenvalue weighted by molar-refractivity contribution is -0.136. The Morgan fingerprint density at radius 3 is 2.73 bits per heavy atom. The Bertz CT molecular complexity index is 823. The van der Waals surface area contributed by atoms with Gasteiger partial charge in [-0.25, -0.2) is 0 Å². The van der Waals surface area contributed by atoms with Crippen molar-refractivity contribution < 1.29 is 19.4 Å². The maximum absolute atomic E-state index is 11.6. The summed E-state index contributed by atoms with van der Waals surface area (Å²) in [5.41, 5.74) is 0.699. The molecule has 136 valence electrons. The fraction of sp³-hybridized carbons (Fsp3) is 0.158. The number of amides is 1. The van der Waals surface area contributed by atoms with Gasteiger partial charge in [0.2, 0.25) is 5.91 Å². The van der Waals surface area contributed by atoms with E-state index in [1.165, 1.54) is 17.8 Å². The molecule has 5 nitrogen and oxygen atoms in total. The quantitative estimate of drug-likeness (QED) is 0.662. The molecule has 2 aromatic rings. The highest BCUT2D eigenvalue weighted by molar-refractivity contribution is 7.99. The fourth-order valence-electron chi connectivity index (χ4n) is 2.05. The molecule has 0 bridgehead atoms. The van der Waals surface area contributed by atoms with Crippen molar-refractivity contribution in [1.82, 2.24) is 5.32 Å². The van der Waals surface area contributed by atoms with Crippen molar-refractivity contribution in [3.05, 3.63) is 59.1 Å². The SMILES string of the molecule is COc1ccccc1Sc1ccc(C=CC(=O)NCCC(=O)O)c(Cl)c1. The van der Waals surface area contributed by atoms with Gasteiger partial charge in [-0.3, -0.25) is 9.59 Å². The van der Waals surface area contributed by atoms with Crippen molar-refractivity contribution in [3.63, 3.8) is 0 Å². The first kappa shape index (κ1) is 19.9. The van der Waals surface area contributed by atoms with Crippen molar-refractivity contribution >= 4 is 41.3 Å². The Balaban J connectivity index is 2.01. The van der Waals surface area contributed by atoms with Gasteiger partial charge in [0.25, 0.3) is 0 Å². The summed E-state index contributed by atoms with van der Waals surface area (Å²) in [7, 11) is 1.63. The van der Waals surface area contributed by atoms with E-state index in [0.29, 0.717) is 10.6 Å². The standard InChI is InChI=1S/C19H18ClNO4S/c1-25-16-4-2-3-5-17(16)26-14-8-6-13(15(20)12-14)7-9-18(22)21-11-10-19(23)24/h2-9,12H,10-11H2,1H3,(H,21,22)(H,23,24). The van der Waals surface area contributed by atoms with Crippen molar-refractivity contribution in [2.45, 2.75) is 16.2 Å². The van der Waals surface area contributed by atoms with E-state index in [0.717, 1.165) is 15.5 Å². The summed E-state index contributed by atoms with van der Waals surface area (Å²) in [5, 5.41) is 11.5. The number of halogens is 1. The molecule has 0 saturated carbocycles. The van der Waals surface area contributed by atoms with E-state index >= 15 is 0 Å². The number of ether oxygens (including phenoxy) is 1. The number of methoxy groups -OCH3 is 1. The average molecular weight is 392 g/mol. The van der Waals surface area contributed by atoms with E-state index in [1.54, 1.807) is 13.2 Å². The summed E-state index contributed by atoms with van der Waals surface area (Å²) in [6, 6.07) is 13.3. The summed E-state index contributed by atoms with van der Waals surface area (Å²) < 4.78 is 5.34. The van der Waals surface area contributed by atoms with Crippen molar-refractivity contribution in [1.29, 1.82) is 0 Å². The monoisotopic (exact) mass is 391 g/mol. The average Bonchev–Trinajstić information content (AvgIpc) is 2.61. The second kappa shape index (κ2) is 9.89. The molecular weight excluding hydrogens is 374 g/mol. The van der Waals surface area contributed by atoms with Gasteiger partial charge in [-0.1, -0.05) is 41.6 Å². The largest absolute Gasteiger partial charge is 0.496 e. The molecule has 2 rings (SSSR count). The lowest BCUT2D eigenvalue weighted by atomic mass is 10.2. The highest BCUT2D eigenvalue weighted by Crippen LogP contribution is 2.36. The number of para-hydroxylation sites is 1. The number of hydrogen-bond acceptors (Lipinski definition) is 4. The van der Waals surface area contributed by atoms with E-state index in [2.05, 4.69) is 5.32 Å². The highest BCUT2D eigenvalue weighted by atomic mass is 35.5. The maximum Gasteiger partial charge on any atom is 0.305 e. The molecule has 26 heavy (non-hydrogen) atoms. The van der Waals surface area contributed by atoms with Gasteiger partial charge >= 0.3 is 5.97 Å². The molecular formula is C19H18ClNO4S. The summed E-state index contributed by atoms with van der Waals surface area (Å²) >= 11 is 7.82. The van der Waals surface area contributed by atoms with Crippen LogP contribution < -0.4 is 10.1 Å². The van der Waals surface area contributed by atoms with Gasteiger partial charge in [-0.2, -0.15) is 0 Å². The number of aliphatic carboxylic acids is 1. The van der Waals surface area contributed by atoms with Gasteiger partial charge in [0, 0.05) is 22.5 Å². The molecule has 0 aliphatic heterocycles. The van der Waals surface area contributed by atoms with Crippen LogP contribution in [0.25, 0.3) is 6.08 Å². The summed E-state index contributed by atoms with van der Waals surface area (Å²) in [5.74, 6) is -0.536. The van der Waals surface area contributed by atoms with Crippen molar-refractivity contribution in [2.75, 3.05) is 13.7 Å². The van der Waals surface area contributed by atoms with Crippen LogP contribution in [-0.2, 0) is 9.59 Å². The number of carboxylic acids is 1. The molecule has 0 aliphatic carbocycles. The third-order valence-corrected chi connectivity index (χ3v) is 4.70. The summed E-state index contributed by atoms with van der Waals surface area (Å²) in [4.78, 5) is 24.0.